The molecular formula is C15H22BO2. The summed E-state index contributed by atoms with van der Waals surface area (Å²) in [5.41, 5.74) is 2.98. The van der Waals surface area contributed by atoms with E-state index in [0.29, 0.717) is 0 Å². The van der Waals surface area contributed by atoms with Crippen LogP contribution in [0.4, 0.5) is 0 Å². The molecule has 0 unspecified atom stereocenters. The smallest absolute Gasteiger partial charge is 0.399 e. The van der Waals surface area contributed by atoms with Crippen LogP contribution in [0.3, 0.4) is 0 Å². The summed E-state index contributed by atoms with van der Waals surface area (Å²) in [5.74, 6) is 0. The van der Waals surface area contributed by atoms with Crippen molar-refractivity contribution in [3.8, 4) is 0 Å². The van der Waals surface area contributed by atoms with E-state index in [9.17, 15) is 0 Å². The van der Waals surface area contributed by atoms with Crippen LogP contribution in [0, 0.1) is 13.3 Å². The lowest BCUT2D eigenvalue weighted by Crippen LogP contribution is -2.41. The van der Waals surface area contributed by atoms with E-state index in [2.05, 4.69) is 59.2 Å². The largest absolute Gasteiger partial charge is 0.494 e. The normalized spacial score (nSPS) is 21.3. The van der Waals surface area contributed by atoms with Crippen molar-refractivity contribution in [1.29, 1.82) is 0 Å². The highest BCUT2D eigenvalue weighted by molar-refractivity contribution is 6.62. The topological polar surface area (TPSA) is 18.5 Å². The third kappa shape index (κ3) is 2.34. The predicted octanol–water partition coefficient (Wildman–Crippen LogP) is 2.87. The number of rotatable bonds is 2. The molecule has 1 aromatic carbocycles. The molecule has 0 aromatic heterocycles. The molecule has 2 nitrogen and oxygen atoms in total. The minimum Gasteiger partial charge on any atom is -0.399 e. The van der Waals surface area contributed by atoms with Gasteiger partial charge in [0, 0.05) is 0 Å². The van der Waals surface area contributed by atoms with Gasteiger partial charge >= 0.3 is 7.12 Å². The quantitative estimate of drug-likeness (QED) is 0.746. The molecule has 1 aliphatic rings. The number of benzene rings is 1. The molecule has 0 aliphatic carbocycles. The van der Waals surface area contributed by atoms with Gasteiger partial charge in [-0.15, -0.1) is 0 Å². The molecule has 1 fully saturated rings. The highest BCUT2D eigenvalue weighted by atomic mass is 16.7. The Balaban J connectivity index is 2.32. The highest BCUT2D eigenvalue weighted by Gasteiger charge is 2.51. The van der Waals surface area contributed by atoms with E-state index < -0.39 is 0 Å². The van der Waals surface area contributed by atoms with Crippen LogP contribution in [-0.4, -0.2) is 18.3 Å². The fraction of sp³-hybridized carbons (Fsp3) is 0.533. The Morgan fingerprint density at radius 3 is 2.06 bits per heavy atom. The first kappa shape index (κ1) is 13.6. The van der Waals surface area contributed by atoms with Gasteiger partial charge in [-0.1, -0.05) is 30.7 Å². The average molecular weight is 245 g/mol. The molecular weight excluding hydrogens is 223 g/mol. The van der Waals surface area contributed by atoms with Crippen molar-refractivity contribution < 1.29 is 9.31 Å². The summed E-state index contributed by atoms with van der Waals surface area (Å²) in [6, 6.07) is 6.43. The van der Waals surface area contributed by atoms with Crippen molar-refractivity contribution in [2.24, 2.45) is 0 Å². The van der Waals surface area contributed by atoms with Crippen LogP contribution >= 0.6 is 0 Å². The van der Waals surface area contributed by atoms with E-state index >= 15 is 0 Å². The second-order valence-corrected chi connectivity index (χ2v) is 6.05. The SMILES string of the molecule is C[CH]c1cc(C)cc(B2OC(C)(C)C(C)(C)O2)c1. The van der Waals surface area contributed by atoms with Crippen LogP contribution in [0.2, 0.25) is 0 Å². The molecule has 0 amide bonds. The number of aryl methyl sites for hydroxylation is 1. The van der Waals surface area contributed by atoms with E-state index in [0.717, 1.165) is 5.46 Å². The Morgan fingerprint density at radius 1 is 1.00 bits per heavy atom. The molecule has 18 heavy (non-hydrogen) atoms. The third-order valence-electron chi connectivity index (χ3n) is 3.98. The van der Waals surface area contributed by atoms with Crippen LogP contribution in [0.1, 0.15) is 45.7 Å². The van der Waals surface area contributed by atoms with Crippen molar-refractivity contribution in [1.82, 2.24) is 0 Å². The van der Waals surface area contributed by atoms with Crippen molar-refractivity contribution in [2.45, 2.75) is 52.7 Å². The maximum Gasteiger partial charge on any atom is 0.494 e. The molecule has 1 saturated heterocycles. The summed E-state index contributed by atoms with van der Waals surface area (Å²) in [6.07, 6.45) is 2.10. The molecule has 1 radical (unpaired) electrons. The summed E-state index contributed by atoms with van der Waals surface area (Å²) in [7, 11) is -0.270. The van der Waals surface area contributed by atoms with Gasteiger partial charge in [0.2, 0.25) is 0 Å². The first-order valence-electron chi connectivity index (χ1n) is 6.52. The minimum absolute atomic E-state index is 0.270. The lowest BCUT2D eigenvalue weighted by atomic mass is 9.77. The lowest BCUT2D eigenvalue weighted by Gasteiger charge is -2.32. The molecule has 1 heterocycles. The zero-order valence-corrected chi connectivity index (χ0v) is 12.2. The van der Waals surface area contributed by atoms with Gasteiger partial charge in [-0.3, -0.25) is 0 Å². The molecule has 0 N–H and O–H groups in total. The molecule has 1 aliphatic heterocycles. The summed E-state index contributed by atoms with van der Waals surface area (Å²) in [6.45, 7) is 12.5. The molecule has 0 bridgehead atoms. The Kier molecular flexibility index (Phi) is 3.33. The lowest BCUT2D eigenvalue weighted by molar-refractivity contribution is 0.00578. The summed E-state index contributed by atoms with van der Waals surface area (Å²) in [5, 5.41) is 0. The van der Waals surface area contributed by atoms with Gasteiger partial charge in [-0.05, 0) is 52.1 Å². The van der Waals surface area contributed by atoms with Crippen LogP contribution < -0.4 is 5.46 Å². The molecule has 97 valence electrons. The first-order chi connectivity index (χ1) is 8.25. The van der Waals surface area contributed by atoms with E-state index in [4.69, 9.17) is 9.31 Å². The molecule has 0 atom stereocenters. The van der Waals surface area contributed by atoms with E-state index in [-0.39, 0.29) is 18.3 Å². The van der Waals surface area contributed by atoms with Gasteiger partial charge in [0.1, 0.15) is 0 Å². The van der Waals surface area contributed by atoms with Gasteiger partial charge in [-0.25, -0.2) is 0 Å². The van der Waals surface area contributed by atoms with Gasteiger partial charge in [0.25, 0.3) is 0 Å². The zero-order valence-electron chi connectivity index (χ0n) is 12.2. The average Bonchev–Trinajstić information content (AvgIpc) is 2.47. The fourth-order valence-electron chi connectivity index (χ4n) is 2.13. The van der Waals surface area contributed by atoms with Crippen molar-refractivity contribution >= 4 is 12.6 Å². The molecule has 0 spiro atoms. The fourth-order valence-corrected chi connectivity index (χ4v) is 2.13. The maximum atomic E-state index is 6.07. The Morgan fingerprint density at radius 2 is 1.56 bits per heavy atom. The van der Waals surface area contributed by atoms with Gasteiger partial charge < -0.3 is 9.31 Å². The Hall–Kier alpha value is -0.795. The van der Waals surface area contributed by atoms with Crippen molar-refractivity contribution in [3.05, 3.63) is 35.7 Å². The second kappa shape index (κ2) is 4.39. The molecule has 0 saturated carbocycles. The van der Waals surface area contributed by atoms with Crippen LogP contribution in [0.15, 0.2) is 18.2 Å². The van der Waals surface area contributed by atoms with E-state index in [1.165, 1.54) is 11.1 Å². The Labute approximate surface area is 111 Å². The van der Waals surface area contributed by atoms with Gasteiger partial charge in [0.15, 0.2) is 0 Å². The van der Waals surface area contributed by atoms with E-state index in [1.807, 2.05) is 6.92 Å². The summed E-state index contributed by atoms with van der Waals surface area (Å²) >= 11 is 0. The predicted molar refractivity (Wildman–Crippen MR) is 76.0 cm³/mol. The zero-order chi connectivity index (χ0) is 13.6. The van der Waals surface area contributed by atoms with Crippen LogP contribution in [-0.2, 0) is 9.31 Å². The van der Waals surface area contributed by atoms with Crippen LogP contribution in [0.25, 0.3) is 0 Å². The molecule has 1 aromatic rings. The maximum absolute atomic E-state index is 6.07. The number of hydrogen-bond acceptors (Lipinski definition) is 2. The first-order valence-corrected chi connectivity index (χ1v) is 6.52. The van der Waals surface area contributed by atoms with Gasteiger partial charge in [0.05, 0.1) is 11.2 Å². The second-order valence-electron chi connectivity index (χ2n) is 6.05. The number of hydrogen-bond donors (Lipinski definition) is 0. The standard InChI is InChI=1S/C15H22BO2/c1-7-12-8-11(2)9-13(10-12)16-17-14(3,4)15(5,6)18-16/h7-10H,1-6H3. The van der Waals surface area contributed by atoms with Gasteiger partial charge in [-0.2, -0.15) is 0 Å². The summed E-state index contributed by atoms with van der Waals surface area (Å²) < 4.78 is 12.1. The van der Waals surface area contributed by atoms with Crippen LogP contribution in [0.5, 0.6) is 0 Å². The molecule has 3 heteroatoms. The minimum atomic E-state index is -0.280. The molecule has 2 rings (SSSR count). The Bertz CT molecular complexity index is 436. The highest BCUT2D eigenvalue weighted by Crippen LogP contribution is 2.36. The van der Waals surface area contributed by atoms with E-state index in [1.54, 1.807) is 0 Å². The third-order valence-corrected chi connectivity index (χ3v) is 3.98. The van der Waals surface area contributed by atoms with Crippen molar-refractivity contribution in [3.63, 3.8) is 0 Å². The monoisotopic (exact) mass is 245 g/mol. The van der Waals surface area contributed by atoms with Crippen molar-refractivity contribution in [2.75, 3.05) is 0 Å². The summed E-state index contributed by atoms with van der Waals surface area (Å²) in [4.78, 5) is 0.